The van der Waals surface area contributed by atoms with Crippen molar-refractivity contribution < 1.29 is 43.0 Å². The highest BCUT2D eigenvalue weighted by atomic mass is 31.2. The Balaban J connectivity index is 4.24. The number of hydrogen-bond donors (Lipinski definition) is 3. The van der Waals surface area contributed by atoms with Crippen LogP contribution in [0, 0.1) is 0 Å². The number of carbonyl (C=O) groups is 1. The summed E-state index contributed by atoms with van der Waals surface area (Å²) in [6.07, 6.45) is 46.1. The lowest BCUT2D eigenvalue weighted by Gasteiger charge is -2.20. The maximum atomic E-state index is 12.6. The van der Waals surface area contributed by atoms with Crippen LogP contribution in [0.5, 0.6) is 0 Å². The first-order valence-electron chi connectivity index (χ1n) is 21.3. The van der Waals surface area contributed by atoms with Gasteiger partial charge in [0.1, 0.15) is 12.2 Å². The van der Waals surface area contributed by atoms with Crippen LogP contribution in [-0.2, 0) is 27.9 Å². The third-order valence-corrected chi connectivity index (χ3v) is 9.64. The topological polar surface area (TPSA) is 132 Å². The van der Waals surface area contributed by atoms with Crippen molar-refractivity contribution in [1.29, 1.82) is 0 Å². The minimum atomic E-state index is -4.53. The Morgan fingerprint density at radius 1 is 0.593 bits per heavy atom. The lowest BCUT2D eigenvalue weighted by atomic mass is 10.1. The van der Waals surface area contributed by atoms with Crippen molar-refractivity contribution >= 4 is 13.8 Å². The molecule has 0 aromatic carbocycles. The van der Waals surface area contributed by atoms with Gasteiger partial charge in [0.15, 0.2) is 0 Å². The van der Waals surface area contributed by atoms with Crippen LogP contribution in [0.4, 0.5) is 0 Å². The molecule has 0 saturated carbocycles. The first-order valence-corrected chi connectivity index (χ1v) is 22.8. The Hall–Kier alpha value is -1.84. The van der Waals surface area contributed by atoms with Crippen molar-refractivity contribution in [3.05, 3.63) is 60.8 Å². The molecule has 0 saturated heterocycles. The Kier molecular flexibility index (Phi) is 39.4. The molecular weight excluding hydrogens is 703 g/mol. The second-order valence-corrected chi connectivity index (χ2v) is 15.4. The number of hydrogen-bond acceptors (Lipinski definition) is 8. The summed E-state index contributed by atoms with van der Waals surface area (Å²) >= 11 is 0. The number of aliphatic hydroxyl groups excluding tert-OH is 2. The Bertz CT molecular complexity index is 1020. The molecule has 0 spiro atoms. The zero-order valence-corrected chi connectivity index (χ0v) is 35.1. The minimum Gasteiger partial charge on any atom is -0.457 e. The fraction of sp³-hybridized carbons (Fsp3) is 0.750. The van der Waals surface area contributed by atoms with Crippen LogP contribution in [0.1, 0.15) is 168 Å². The second kappa shape index (κ2) is 40.8. The Morgan fingerprint density at radius 2 is 1.06 bits per heavy atom. The molecule has 0 aromatic heterocycles. The monoisotopic (exact) mass is 783 g/mol. The van der Waals surface area contributed by atoms with Crippen molar-refractivity contribution in [2.24, 2.45) is 0 Å². The molecule has 0 aromatic rings. The van der Waals surface area contributed by atoms with E-state index in [2.05, 4.69) is 74.6 Å². The third-order valence-electron chi connectivity index (χ3n) is 8.69. The molecule has 3 N–H and O–H groups in total. The molecule has 0 radical (unpaired) electrons. The summed E-state index contributed by atoms with van der Waals surface area (Å²) in [6, 6.07) is 0. The summed E-state index contributed by atoms with van der Waals surface area (Å²) in [5.74, 6) is -0.425. The normalized spacial score (nSPS) is 14.7. The number of phosphoric ester groups is 1. The molecule has 0 rings (SSSR count). The molecule has 0 aliphatic heterocycles. The number of phosphoric acid groups is 1. The van der Waals surface area contributed by atoms with E-state index in [1.165, 1.54) is 83.5 Å². The van der Waals surface area contributed by atoms with Gasteiger partial charge in [0.2, 0.25) is 0 Å². The highest BCUT2D eigenvalue weighted by Crippen LogP contribution is 2.43. The molecule has 0 bridgehead atoms. The van der Waals surface area contributed by atoms with Gasteiger partial charge in [-0.15, -0.1) is 0 Å². The average molecular weight is 783 g/mol. The van der Waals surface area contributed by atoms with E-state index in [4.69, 9.17) is 23.6 Å². The molecule has 0 fully saturated rings. The van der Waals surface area contributed by atoms with Gasteiger partial charge in [-0.1, -0.05) is 145 Å². The van der Waals surface area contributed by atoms with Crippen LogP contribution in [0.3, 0.4) is 0 Å². The summed E-state index contributed by atoms with van der Waals surface area (Å²) in [7, 11) is -4.53. The van der Waals surface area contributed by atoms with Gasteiger partial charge in [-0.2, -0.15) is 0 Å². The molecule has 3 unspecified atom stereocenters. The highest BCUT2D eigenvalue weighted by Gasteiger charge is 2.26. The summed E-state index contributed by atoms with van der Waals surface area (Å²) in [6.45, 7) is 3.33. The summed E-state index contributed by atoms with van der Waals surface area (Å²) in [4.78, 5) is 22.5. The van der Waals surface area contributed by atoms with Gasteiger partial charge in [-0.05, 0) is 77.0 Å². The molecule has 0 aliphatic carbocycles. The molecular formula is C44H79O9P. The van der Waals surface area contributed by atoms with Crippen LogP contribution in [0.15, 0.2) is 60.8 Å². The number of ether oxygens (including phenoxy) is 2. The Morgan fingerprint density at radius 3 is 1.61 bits per heavy atom. The van der Waals surface area contributed by atoms with Gasteiger partial charge in [0.25, 0.3) is 0 Å². The number of unbranched alkanes of at least 4 members (excludes halogenated alkanes) is 16. The van der Waals surface area contributed by atoms with Crippen molar-refractivity contribution in [1.82, 2.24) is 0 Å². The molecule has 314 valence electrons. The van der Waals surface area contributed by atoms with Gasteiger partial charge < -0.3 is 24.6 Å². The number of carbonyl (C=O) groups excluding carboxylic acids is 1. The van der Waals surface area contributed by atoms with E-state index in [-0.39, 0.29) is 13.0 Å². The van der Waals surface area contributed by atoms with Crippen LogP contribution in [0.2, 0.25) is 0 Å². The van der Waals surface area contributed by atoms with Crippen LogP contribution >= 0.6 is 7.82 Å². The maximum Gasteiger partial charge on any atom is 0.472 e. The Labute approximate surface area is 330 Å². The molecule has 0 aliphatic rings. The second-order valence-electron chi connectivity index (χ2n) is 14.0. The molecule has 3 atom stereocenters. The zero-order chi connectivity index (χ0) is 39.6. The molecule has 10 heteroatoms. The van der Waals surface area contributed by atoms with E-state index in [1.807, 2.05) is 0 Å². The lowest BCUT2D eigenvalue weighted by molar-refractivity contribution is -0.154. The van der Waals surface area contributed by atoms with Crippen LogP contribution in [-0.4, -0.2) is 66.3 Å². The fourth-order valence-corrected chi connectivity index (χ4v) is 6.25. The van der Waals surface area contributed by atoms with E-state index in [0.717, 1.165) is 57.8 Å². The van der Waals surface area contributed by atoms with E-state index in [9.17, 15) is 19.4 Å². The summed E-state index contributed by atoms with van der Waals surface area (Å²) in [5, 5.41) is 18.3. The predicted molar refractivity (Wildman–Crippen MR) is 223 cm³/mol. The van der Waals surface area contributed by atoms with Crippen molar-refractivity contribution in [3.8, 4) is 0 Å². The first-order chi connectivity index (χ1) is 26.3. The van der Waals surface area contributed by atoms with Gasteiger partial charge in [-0.25, -0.2) is 4.57 Å². The SMILES string of the molecule is CC/C=C\C/C=C\C/C=C\C/C=C\CCCCC(=O)OC(COCCCCCCCCCC/C=C\CCCCCCCC)COP(=O)(O)OCC(O)CO. The summed E-state index contributed by atoms with van der Waals surface area (Å²) < 4.78 is 33.3. The number of rotatable bonds is 40. The van der Waals surface area contributed by atoms with Crippen LogP contribution < -0.4 is 0 Å². The lowest BCUT2D eigenvalue weighted by Crippen LogP contribution is -2.29. The number of aliphatic hydroxyl groups is 2. The van der Waals surface area contributed by atoms with Gasteiger partial charge in [0, 0.05) is 13.0 Å². The standard InChI is InChI=1S/C44H79O9P/c1-3-5-7-9-11-13-15-17-19-20-21-23-25-27-29-31-33-35-37-50-40-43(41-52-54(48,49)51-39-42(46)38-45)53-44(47)36-34-32-30-28-26-24-22-18-16-14-12-10-8-6-4-2/h6,8,12,14,17-19,22,26,28,42-43,45-46H,3-5,7,9-11,13,15-16,20-21,23-25,27,29-41H2,1-2H3,(H,48,49)/b8-6-,14-12-,19-17-,22-18-,28-26-. The van der Waals surface area contributed by atoms with Gasteiger partial charge >= 0.3 is 13.8 Å². The minimum absolute atomic E-state index is 0.0281. The molecule has 0 amide bonds. The van der Waals surface area contributed by atoms with Crippen molar-refractivity contribution in [3.63, 3.8) is 0 Å². The zero-order valence-electron chi connectivity index (χ0n) is 34.2. The average Bonchev–Trinajstić information content (AvgIpc) is 3.16. The number of esters is 1. The molecule has 54 heavy (non-hydrogen) atoms. The van der Waals surface area contributed by atoms with Crippen LogP contribution in [0.25, 0.3) is 0 Å². The van der Waals surface area contributed by atoms with E-state index in [1.54, 1.807) is 0 Å². The largest absolute Gasteiger partial charge is 0.472 e. The molecule has 9 nitrogen and oxygen atoms in total. The highest BCUT2D eigenvalue weighted by molar-refractivity contribution is 7.47. The quantitative estimate of drug-likeness (QED) is 0.0240. The van der Waals surface area contributed by atoms with E-state index < -0.39 is 45.8 Å². The smallest absolute Gasteiger partial charge is 0.457 e. The van der Waals surface area contributed by atoms with Gasteiger partial charge in [-0.3, -0.25) is 13.8 Å². The third kappa shape index (κ3) is 39.8. The maximum absolute atomic E-state index is 12.6. The van der Waals surface area contributed by atoms with Gasteiger partial charge in [0.05, 0.1) is 26.4 Å². The fourth-order valence-electron chi connectivity index (χ4n) is 5.46. The van der Waals surface area contributed by atoms with E-state index in [0.29, 0.717) is 13.0 Å². The van der Waals surface area contributed by atoms with E-state index >= 15 is 0 Å². The van der Waals surface area contributed by atoms with Crippen molar-refractivity contribution in [2.45, 2.75) is 180 Å². The van der Waals surface area contributed by atoms with Crippen molar-refractivity contribution in [2.75, 3.05) is 33.0 Å². The first kappa shape index (κ1) is 52.2. The molecule has 0 heterocycles. The predicted octanol–water partition coefficient (Wildman–Crippen LogP) is 11.6. The number of allylic oxidation sites excluding steroid dienone is 10. The summed E-state index contributed by atoms with van der Waals surface area (Å²) in [5.41, 5.74) is 0.